The van der Waals surface area contributed by atoms with Crippen LogP contribution in [0.25, 0.3) is 5.82 Å². The van der Waals surface area contributed by atoms with E-state index in [0.717, 1.165) is 22.5 Å². The summed E-state index contributed by atoms with van der Waals surface area (Å²) in [7, 11) is 0. The minimum atomic E-state index is -0.160. The van der Waals surface area contributed by atoms with Gasteiger partial charge in [0.1, 0.15) is 18.8 Å². The molecule has 3 heterocycles. The van der Waals surface area contributed by atoms with Crippen molar-refractivity contribution in [1.29, 1.82) is 0 Å². The Morgan fingerprint density at radius 3 is 2.96 bits per heavy atom. The molecule has 138 valence electrons. The van der Waals surface area contributed by atoms with E-state index in [4.69, 9.17) is 16.3 Å². The normalized spacial score (nSPS) is 16.3. The number of aromatic nitrogens is 3. The smallest absolute Gasteiger partial charge is 0.255 e. The third-order valence-corrected chi connectivity index (χ3v) is 5.10. The van der Waals surface area contributed by atoms with Crippen molar-refractivity contribution in [2.45, 2.75) is 26.3 Å². The number of benzene rings is 1. The monoisotopic (exact) mass is 382 g/mol. The Morgan fingerprint density at radius 1 is 1.41 bits per heavy atom. The van der Waals surface area contributed by atoms with Crippen LogP contribution in [0.4, 0.5) is 0 Å². The van der Waals surface area contributed by atoms with Gasteiger partial charge in [-0.1, -0.05) is 17.7 Å². The first-order valence-electron chi connectivity index (χ1n) is 8.72. The molecule has 0 radical (unpaired) electrons. The Morgan fingerprint density at radius 2 is 2.26 bits per heavy atom. The summed E-state index contributed by atoms with van der Waals surface area (Å²) in [5.41, 5.74) is 3.40. The van der Waals surface area contributed by atoms with Crippen LogP contribution in [0.1, 0.15) is 34.0 Å². The predicted molar refractivity (Wildman–Crippen MR) is 103 cm³/mol. The van der Waals surface area contributed by atoms with E-state index in [9.17, 15) is 4.79 Å². The van der Waals surface area contributed by atoms with Gasteiger partial charge in [-0.25, -0.2) is 9.97 Å². The fraction of sp³-hybridized carbons (Fsp3) is 0.250. The summed E-state index contributed by atoms with van der Waals surface area (Å²) in [6, 6.07) is 5.76. The van der Waals surface area contributed by atoms with Crippen LogP contribution < -0.4 is 10.1 Å². The van der Waals surface area contributed by atoms with Gasteiger partial charge in [-0.3, -0.25) is 9.36 Å². The lowest BCUT2D eigenvalue weighted by Crippen LogP contribution is -2.33. The van der Waals surface area contributed by atoms with Crippen LogP contribution >= 0.6 is 11.6 Å². The molecular weight excluding hydrogens is 364 g/mol. The standard InChI is InChI=1S/C20H19ClN4O2/c1-12-10-27-19-16(20(26)24-12)8-15(13(2)18(19)21)7-14-3-4-17(23-9-14)25-6-5-22-11-25/h3-6,8-9,11-12H,7,10H2,1-2H3,(H,24,26)/t12-/m1/s1. The molecule has 1 aliphatic heterocycles. The lowest BCUT2D eigenvalue weighted by atomic mass is 9.97. The number of nitrogens with zero attached hydrogens (tertiary/aromatic N) is 3. The first-order valence-corrected chi connectivity index (χ1v) is 9.09. The topological polar surface area (TPSA) is 69.0 Å². The molecule has 3 aromatic rings. The van der Waals surface area contributed by atoms with Gasteiger partial charge in [0, 0.05) is 18.6 Å². The van der Waals surface area contributed by atoms with Crippen LogP contribution in [-0.4, -0.2) is 33.1 Å². The highest BCUT2D eigenvalue weighted by atomic mass is 35.5. The van der Waals surface area contributed by atoms with E-state index in [1.165, 1.54) is 0 Å². The van der Waals surface area contributed by atoms with Crippen molar-refractivity contribution in [2.24, 2.45) is 0 Å². The predicted octanol–water partition coefficient (Wildman–Crippen LogP) is 3.33. The summed E-state index contributed by atoms with van der Waals surface area (Å²) in [5, 5.41) is 3.41. The number of pyridine rings is 1. The zero-order chi connectivity index (χ0) is 19.0. The summed E-state index contributed by atoms with van der Waals surface area (Å²) < 4.78 is 7.61. The number of amides is 1. The van der Waals surface area contributed by atoms with Gasteiger partial charge in [0.15, 0.2) is 5.75 Å². The zero-order valence-electron chi connectivity index (χ0n) is 15.1. The van der Waals surface area contributed by atoms with Crippen LogP contribution in [0.2, 0.25) is 5.02 Å². The van der Waals surface area contributed by atoms with Crippen LogP contribution in [0.5, 0.6) is 5.75 Å². The summed E-state index contributed by atoms with van der Waals surface area (Å²) in [5.74, 6) is 1.11. The maximum atomic E-state index is 12.5. The Kier molecular flexibility index (Phi) is 4.58. The van der Waals surface area contributed by atoms with Gasteiger partial charge in [-0.15, -0.1) is 0 Å². The second-order valence-corrected chi connectivity index (χ2v) is 7.09. The van der Waals surface area contributed by atoms with E-state index >= 15 is 0 Å². The first-order chi connectivity index (χ1) is 13.0. The summed E-state index contributed by atoms with van der Waals surface area (Å²) in [6.07, 6.45) is 7.71. The maximum absolute atomic E-state index is 12.5. The van der Waals surface area contributed by atoms with E-state index < -0.39 is 0 Å². The Labute approximate surface area is 162 Å². The Hall–Kier alpha value is -2.86. The number of imidazole rings is 1. The third kappa shape index (κ3) is 3.40. The van der Waals surface area contributed by atoms with Crippen molar-refractivity contribution in [1.82, 2.24) is 19.9 Å². The highest BCUT2D eigenvalue weighted by Crippen LogP contribution is 2.36. The highest BCUT2D eigenvalue weighted by molar-refractivity contribution is 6.33. The quantitative estimate of drug-likeness (QED) is 0.754. The van der Waals surface area contributed by atoms with E-state index in [0.29, 0.717) is 29.4 Å². The maximum Gasteiger partial charge on any atom is 0.255 e. The fourth-order valence-corrected chi connectivity index (χ4v) is 3.39. The van der Waals surface area contributed by atoms with Gasteiger partial charge in [0.2, 0.25) is 0 Å². The van der Waals surface area contributed by atoms with Crippen LogP contribution in [0.15, 0.2) is 43.1 Å². The van der Waals surface area contributed by atoms with E-state index in [-0.39, 0.29) is 11.9 Å². The second kappa shape index (κ2) is 7.04. The van der Waals surface area contributed by atoms with Gasteiger partial charge in [-0.2, -0.15) is 0 Å². The minimum absolute atomic E-state index is 0.0651. The fourth-order valence-electron chi connectivity index (χ4n) is 3.11. The van der Waals surface area contributed by atoms with Crippen molar-refractivity contribution in [3.63, 3.8) is 0 Å². The molecule has 1 aromatic carbocycles. The lowest BCUT2D eigenvalue weighted by molar-refractivity contribution is 0.0942. The second-order valence-electron chi connectivity index (χ2n) is 6.71. The van der Waals surface area contributed by atoms with Gasteiger partial charge >= 0.3 is 0 Å². The molecule has 27 heavy (non-hydrogen) atoms. The summed E-state index contributed by atoms with van der Waals surface area (Å²) >= 11 is 6.53. The number of carbonyl (C=O) groups is 1. The molecule has 0 saturated carbocycles. The molecule has 1 atom stereocenters. The molecule has 6 nitrogen and oxygen atoms in total. The molecule has 0 bridgehead atoms. The number of nitrogens with one attached hydrogen (secondary N) is 1. The van der Waals surface area contributed by atoms with Crippen molar-refractivity contribution in [3.8, 4) is 11.6 Å². The van der Waals surface area contributed by atoms with Crippen molar-refractivity contribution in [3.05, 3.63) is 70.4 Å². The van der Waals surface area contributed by atoms with Gasteiger partial charge in [-0.05, 0) is 49.1 Å². The van der Waals surface area contributed by atoms with Crippen molar-refractivity contribution in [2.75, 3.05) is 6.61 Å². The van der Waals surface area contributed by atoms with Gasteiger partial charge in [0.25, 0.3) is 5.91 Å². The van der Waals surface area contributed by atoms with Crippen molar-refractivity contribution < 1.29 is 9.53 Å². The molecule has 4 rings (SSSR count). The van der Waals surface area contributed by atoms with Gasteiger partial charge < -0.3 is 10.1 Å². The molecule has 7 heteroatoms. The Balaban J connectivity index is 1.65. The van der Waals surface area contributed by atoms with Gasteiger partial charge in [0.05, 0.1) is 16.6 Å². The number of hydrogen-bond donors (Lipinski definition) is 1. The minimum Gasteiger partial charge on any atom is -0.489 e. The number of ether oxygens (including phenoxy) is 1. The average Bonchev–Trinajstić information content (AvgIpc) is 3.15. The van der Waals surface area contributed by atoms with Crippen LogP contribution in [0, 0.1) is 6.92 Å². The lowest BCUT2D eigenvalue weighted by Gasteiger charge is -2.15. The van der Waals surface area contributed by atoms with Crippen LogP contribution in [0.3, 0.4) is 0 Å². The first kappa shape index (κ1) is 17.5. The van der Waals surface area contributed by atoms with E-state index in [2.05, 4.69) is 15.3 Å². The SMILES string of the molecule is Cc1c(Cc2ccc(-n3ccnc3)nc2)cc2c(c1Cl)OC[C@@H](C)NC2=O. The molecule has 1 N–H and O–H groups in total. The number of fused-ring (bicyclic) bond motifs is 1. The molecule has 0 fully saturated rings. The molecule has 0 aliphatic carbocycles. The van der Waals surface area contributed by atoms with E-state index in [1.54, 1.807) is 12.5 Å². The molecule has 0 spiro atoms. The van der Waals surface area contributed by atoms with Crippen molar-refractivity contribution >= 4 is 17.5 Å². The summed E-state index contributed by atoms with van der Waals surface area (Å²) in [6.45, 7) is 4.25. The molecule has 1 aliphatic rings. The largest absolute Gasteiger partial charge is 0.489 e. The highest BCUT2D eigenvalue weighted by Gasteiger charge is 2.25. The molecular formula is C20H19ClN4O2. The zero-order valence-corrected chi connectivity index (χ0v) is 15.8. The Bertz CT molecular complexity index is 984. The van der Waals surface area contributed by atoms with Crippen LogP contribution in [-0.2, 0) is 6.42 Å². The summed E-state index contributed by atoms with van der Waals surface area (Å²) in [4.78, 5) is 21.0. The number of halogens is 1. The molecule has 2 aromatic heterocycles. The number of hydrogen-bond acceptors (Lipinski definition) is 4. The van der Waals surface area contributed by atoms with E-state index in [1.807, 2.05) is 49.0 Å². The molecule has 0 saturated heterocycles. The molecule has 0 unspecified atom stereocenters. The number of rotatable bonds is 3. The number of carbonyl (C=O) groups excluding carboxylic acids is 1. The molecule has 1 amide bonds. The average molecular weight is 383 g/mol. The third-order valence-electron chi connectivity index (χ3n) is 4.65.